The highest BCUT2D eigenvalue weighted by atomic mass is 16.5. The van der Waals surface area contributed by atoms with Crippen LogP contribution in [0.2, 0.25) is 0 Å². The first-order valence-electron chi connectivity index (χ1n) is 12.9. The number of benzene rings is 2. The molecule has 2 aliphatic heterocycles. The van der Waals surface area contributed by atoms with Crippen molar-refractivity contribution in [1.29, 1.82) is 0 Å². The number of hydrogen-bond acceptors (Lipinski definition) is 8. The summed E-state index contributed by atoms with van der Waals surface area (Å²) in [5.74, 6) is 1.96. The second kappa shape index (κ2) is 13.5. The normalized spacial score (nSPS) is 21.1. The first kappa shape index (κ1) is 27.0. The molecule has 0 spiro atoms. The summed E-state index contributed by atoms with van der Waals surface area (Å²) in [5, 5.41) is 6.36. The topological polar surface area (TPSA) is 90.5 Å². The molecular formula is C28H39N3O6. The Morgan fingerprint density at radius 1 is 1.14 bits per heavy atom. The number of anilines is 1. The van der Waals surface area contributed by atoms with Crippen LogP contribution in [0.4, 0.5) is 10.5 Å². The van der Waals surface area contributed by atoms with Crippen molar-refractivity contribution in [3.05, 3.63) is 53.6 Å². The number of hydrogen-bond donors (Lipinski definition) is 2. The summed E-state index contributed by atoms with van der Waals surface area (Å²) in [6.07, 6.45) is 0.467. The molecule has 0 aliphatic carbocycles. The predicted molar refractivity (Wildman–Crippen MR) is 142 cm³/mol. The molecule has 0 aromatic heterocycles. The summed E-state index contributed by atoms with van der Waals surface area (Å²) < 4.78 is 27.8. The third-order valence-corrected chi connectivity index (χ3v) is 7.08. The van der Waals surface area contributed by atoms with Gasteiger partial charge < -0.3 is 39.2 Å². The molecule has 0 saturated carbocycles. The lowest BCUT2D eigenvalue weighted by atomic mass is 9.79. The third-order valence-electron chi connectivity index (χ3n) is 7.08. The molecule has 202 valence electrons. The highest BCUT2D eigenvalue weighted by Crippen LogP contribution is 2.35. The molecule has 37 heavy (non-hydrogen) atoms. The Morgan fingerprint density at radius 3 is 2.73 bits per heavy atom. The molecule has 2 N–H and O–H groups in total. The van der Waals surface area contributed by atoms with E-state index in [9.17, 15) is 4.79 Å². The van der Waals surface area contributed by atoms with Gasteiger partial charge in [-0.15, -0.1) is 0 Å². The van der Waals surface area contributed by atoms with E-state index in [1.165, 1.54) is 7.11 Å². The zero-order valence-electron chi connectivity index (χ0n) is 22.0. The smallest absolute Gasteiger partial charge is 0.406 e. The lowest BCUT2D eigenvalue weighted by Gasteiger charge is -2.39. The maximum atomic E-state index is 11.8. The van der Waals surface area contributed by atoms with Crippen molar-refractivity contribution >= 4 is 11.8 Å². The average Bonchev–Trinajstić information content (AvgIpc) is 2.95. The van der Waals surface area contributed by atoms with Crippen LogP contribution in [0, 0.1) is 5.92 Å². The number of alkyl carbamates (subject to hydrolysis) is 1. The van der Waals surface area contributed by atoms with Crippen molar-refractivity contribution in [2.24, 2.45) is 5.92 Å². The van der Waals surface area contributed by atoms with Gasteiger partial charge in [-0.2, -0.15) is 0 Å². The number of amides is 1. The molecule has 1 saturated heterocycles. The molecule has 2 aromatic carbocycles. The standard InChI is InChI=1S/C28H39N3O6/c1-33-13-4-11-31-12-14-36-25-10-5-20(15-24(25)31)19-37-26-18-29-16-22(17-30-28(32)35-3)27(26)21-6-8-23(34-2)9-7-21/h5-10,15,22,26-27,29H,4,11-14,16-19H2,1-3H3,(H,30,32)/t22-,26-,27-/m0/s1. The quantitative estimate of drug-likeness (QED) is 0.443. The Morgan fingerprint density at radius 2 is 1.97 bits per heavy atom. The summed E-state index contributed by atoms with van der Waals surface area (Å²) in [6, 6.07) is 14.4. The molecule has 0 bridgehead atoms. The Balaban J connectivity index is 1.48. The van der Waals surface area contributed by atoms with Gasteiger partial charge in [0.1, 0.15) is 18.1 Å². The van der Waals surface area contributed by atoms with Gasteiger partial charge in [-0.25, -0.2) is 4.79 Å². The molecule has 3 atom stereocenters. The van der Waals surface area contributed by atoms with E-state index in [0.717, 1.165) is 67.5 Å². The SMILES string of the molecule is COCCCN1CCOc2ccc(CO[C@H]3CNC[C@@H](CNC(=O)OC)[C@@H]3c3ccc(OC)cc3)cc21. The number of nitrogens with one attached hydrogen (secondary N) is 2. The van der Waals surface area contributed by atoms with Gasteiger partial charge in [0.15, 0.2) is 0 Å². The summed E-state index contributed by atoms with van der Waals surface area (Å²) in [6.45, 7) is 5.68. The molecule has 1 amide bonds. The first-order chi connectivity index (χ1) is 18.1. The number of carbonyl (C=O) groups is 1. The summed E-state index contributed by atoms with van der Waals surface area (Å²) in [4.78, 5) is 14.1. The monoisotopic (exact) mass is 513 g/mol. The van der Waals surface area contributed by atoms with Gasteiger partial charge >= 0.3 is 6.09 Å². The van der Waals surface area contributed by atoms with E-state index in [1.807, 2.05) is 18.2 Å². The van der Waals surface area contributed by atoms with E-state index < -0.39 is 6.09 Å². The molecular weight excluding hydrogens is 474 g/mol. The Kier molecular flexibility index (Phi) is 9.87. The third kappa shape index (κ3) is 7.06. The van der Waals surface area contributed by atoms with Crippen LogP contribution in [0.5, 0.6) is 11.5 Å². The second-order valence-corrected chi connectivity index (χ2v) is 9.42. The number of carbonyl (C=O) groups excluding carboxylic acids is 1. The van der Waals surface area contributed by atoms with Crippen LogP contribution in [-0.2, 0) is 20.8 Å². The van der Waals surface area contributed by atoms with E-state index in [1.54, 1.807) is 14.2 Å². The highest BCUT2D eigenvalue weighted by molar-refractivity contribution is 5.66. The number of rotatable bonds is 11. The van der Waals surface area contributed by atoms with Crippen molar-refractivity contribution in [2.45, 2.75) is 25.0 Å². The Bertz CT molecular complexity index is 1000. The second-order valence-electron chi connectivity index (χ2n) is 9.42. The highest BCUT2D eigenvalue weighted by Gasteiger charge is 2.35. The van der Waals surface area contributed by atoms with Gasteiger partial charge in [0.2, 0.25) is 0 Å². The van der Waals surface area contributed by atoms with Crippen LogP contribution in [0.15, 0.2) is 42.5 Å². The van der Waals surface area contributed by atoms with E-state index >= 15 is 0 Å². The zero-order valence-corrected chi connectivity index (χ0v) is 22.0. The van der Waals surface area contributed by atoms with Crippen LogP contribution in [0.25, 0.3) is 0 Å². The van der Waals surface area contributed by atoms with Crippen molar-refractivity contribution in [2.75, 3.05) is 72.2 Å². The minimum Gasteiger partial charge on any atom is -0.497 e. The molecule has 2 heterocycles. The molecule has 0 unspecified atom stereocenters. The fourth-order valence-corrected chi connectivity index (χ4v) is 5.17. The Labute approximate surface area is 219 Å². The van der Waals surface area contributed by atoms with Gasteiger partial charge in [0.05, 0.1) is 39.2 Å². The van der Waals surface area contributed by atoms with Crippen molar-refractivity contribution in [3.8, 4) is 11.5 Å². The fraction of sp³-hybridized carbons (Fsp3) is 0.536. The lowest BCUT2D eigenvalue weighted by Crippen LogP contribution is -2.50. The number of fused-ring (bicyclic) bond motifs is 1. The molecule has 1 fully saturated rings. The average molecular weight is 514 g/mol. The summed E-state index contributed by atoms with van der Waals surface area (Å²) >= 11 is 0. The van der Waals surface area contributed by atoms with Gasteiger partial charge in [-0.1, -0.05) is 18.2 Å². The summed E-state index contributed by atoms with van der Waals surface area (Å²) in [7, 11) is 4.78. The summed E-state index contributed by atoms with van der Waals surface area (Å²) in [5.41, 5.74) is 3.37. The van der Waals surface area contributed by atoms with Gasteiger partial charge in [-0.3, -0.25) is 0 Å². The number of ether oxygens (including phenoxy) is 5. The number of piperidine rings is 1. The van der Waals surface area contributed by atoms with E-state index in [4.69, 9.17) is 23.7 Å². The predicted octanol–water partition coefficient (Wildman–Crippen LogP) is 3.17. The Hall–Kier alpha value is -3.01. The lowest BCUT2D eigenvalue weighted by molar-refractivity contribution is -0.00585. The van der Waals surface area contributed by atoms with E-state index in [-0.39, 0.29) is 17.9 Å². The largest absolute Gasteiger partial charge is 0.497 e. The minimum absolute atomic E-state index is 0.0725. The molecule has 2 aliphatic rings. The van der Waals surface area contributed by atoms with Gasteiger partial charge in [0.25, 0.3) is 0 Å². The van der Waals surface area contributed by atoms with Crippen LogP contribution in [0.1, 0.15) is 23.5 Å². The molecule has 9 heteroatoms. The van der Waals surface area contributed by atoms with E-state index in [2.05, 4.69) is 39.8 Å². The van der Waals surface area contributed by atoms with Gasteiger partial charge in [-0.05, 0) is 47.7 Å². The number of nitrogens with zero attached hydrogens (tertiary/aromatic N) is 1. The van der Waals surface area contributed by atoms with Crippen LogP contribution in [0.3, 0.4) is 0 Å². The fourth-order valence-electron chi connectivity index (χ4n) is 5.17. The maximum Gasteiger partial charge on any atom is 0.406 e. The molecule has 9 nitrogen and oxygen atoms in total. The molecule has 0 radical (unpaired) electrons. The maximum absolute atomic E-state index is 11.8. The van der Waals surface area contributed by atoms with Crippen LogP contribution in [-0.4, -0.2) is 79.5 Å². The van der Waals surface area contributed by atoms with Crippen molar-refractivity contribution < 1.29 is 28.5 Å². The van der Waals surface area contributed by atoms with Crippen molar-refractivity contribution in [3.63, 3.8) is 0 Å². The minimum atomic E-state index is -0.428. The van der Waals surface area contributed by atoms with Crippen LogP contribution < -0.4 is 25.0 Å². The van der Waals surface area contributed by atoms with Crippen LogP contribution >= 0.6 is 0 Å². The van der Waals surface area contributed by atoms with E-state index in [0.29, 0.717) is 19.8 Å². The first-order valence-corrected chi connectivity index (χ1v) is 12.9. The number of methoxy groups -OCH3 is 3. The molecule has 2 aromatic rings. The van der Waals surface area contributed by atoms with Gasteiger partial charge in [0, 0.05) is 45.8 Å². The molecule has 4 rings (SSSR count). The van der Waals surface area contributed by atoms with Crippen molar-refractivity contribution in [1.82, 2.24) is 10.6 Å². The zero-order chi connectivity index (χ0) is 26.0.